The summed E-state index contributed by atoms with van der Waals surface area (Å²) in [6.45, 7) is 3.77. The molecule has 0 fully saturated rings. The van der Waals surface area contributed by atoms with Crippen molar-refractivity contribution in [1.82, 2.24) is 5.48 Å². The monoisotopic (exact) mass is 341 g/mol. The first kappa shape index (κ1) is 23.1. The van der Waals surface area contributed by atoms with Crippen molar-refractivity contribution in [2.24, 2.45) is 0 Å². The van der Waals surface area contributed by atoms with E-state index in [1.807, 2.05) is 0 Å². The Bertz CT molecular complexity index is 303. The van der Waals surface area contributed by atoms with Gasteiger partial charge in [0.25, 0.3) is 0 Å². The van der Waals surface area contributed by atoms with Gasteiger partial charge >= 0.3 is 5.97 Å². The Hall–Kier alpha value is -0.870. The number of carbonyl (C=O) groups excluding carboxylic acids is 1. The number of nitrogens with one attached hydrogen (secondary N) is 1. The molecule has 0 radical (unpaired) electrons. The van der Waals surface area contributed by atoms with E-state index in [9.17, 15) is 4.79 Å². The quantitative estimate of drug-likeness (QED) is 0.161. The third-order valence-corrected chi connectivity index (χ3v) is 3.99. The number of rotatable bonds is 17. The lowest BCUT2D eigenvalue weighted by Crippen LogP contribution is -2.28. The Morgan fingerprint density at radius 1 is 0.917 bits per heavy atom. The topological polar surface area (TPSA) is 58.6 Å². The second kappa shape index (κ2) is 18.5. The van der Waals surface area contributed by atoms with E-state index < -0.39 is 6.23 Å². The van der Waals surface area contributed by atoms with Gasteiger partial charge in [-0.1, -0.05) is 70.4 Å². The Labute approximate surface area is 149 Å². The van der Waals surface area contributed by atoms with Crippen LogP contribution in [0.5, 0.6) is 0 Å². The minimum Gasteiger partial charge on any atom is -0.376 e. The normalized spacial score (nSPS) is 12.6. The Morgan fingerprint density at radius 3 is 1.96 bits per heavy atom. The summed E-state index contributed by atoms with van der Waals surface area (Å²) < 4.78 is 0. The summed E-state index contributed by atoms with van der Waals surface area (Å²) in [4.78, 5) is 16.0. The van der Waals surface area contributed by atoms with Gasteiger partial charge in [-0.05, 0) is 39.0 Å². The van der Waals surface area contributed by atoms with Gasteiger partial charge in [0.2, 0.25) is 0 Å². The van der Waals surface area contributed by atoms with E-state index in [4.69, 9.17) is 5.11 Å². The van der Waals surface area contributed by atoms with E-state index >= 15 is 0 Å². The van der Waals surface area contributed by atoms with E-state index in [1.54, 1.807) is 0 Å². The summed E-state index contributed by atoms with van der Waals surface area (Å²) in [7, 11) is 0. The molecule has 0 bridgehead atoms. The third kappa shape index (κ3) is 19.2. The summed E-state index contributed by atoms with van der Waals surface area (Å²) in [6.07, 6.45) is 20.4. The first-order valence-electron chi connectivity index (χ1n) is 9.95. The van der Waals surface area contributed by atoms with Gasteiger partial charge in [0.05, 0.1) is 0 Å². The Morgan fingerprint density at radius 2 is 1.42 bits per heavy atom. The summed E-state index contributed by atoms with van der Waals surface area (Å²) in [5, 5.41) is 8.91. The van der Waals surface area contributed by atoms with Crippen LogP contribution in [0, 0.1) is 0 Å². The predicted molar refractivity (Wildman–Crippen MR) is 100 cm³/mol. The van der Waals surface area contributed by atoms with E-state index in [-0.39, 0.29) is 5.97 Å². The van der Waals surface area contributed by atoms with Gasteiger partial charge in [-0.15, -0.1) is 5.48 Å². The number of hydrogen-bond donors (Lipinski definition) is 2. The average molecular weight is 342 g/mol. The highest BCUT2D eigenvalue weighted by Gasteiger charge is 2.03. The molecule has 0 heterocycles. The van der Waals surface area contributed by atoms with Crippen LogP contribution in [0.15, 0.2) is 12.2 Å². The fourth-order valence-corrected chi connectivity index (χ4v) is 2.54. The minimum absolute atomic E-state index is 0.298. The molecule has 142 valence electrons. The molecule has 0 aliphatic heterocycles. The van der Waals surface area contributed by atoms with E-state index in [1.165, 1.54) is 77.6 Å². The number of unbranched alkanes of at least 4 members (excludes halogenated alkanes) is 11. The molecule has 0 amide bonds. The van der Waals surface area contributed by atoms with E-state index in [0.717, 1.165) is 12.8 Å². The molecule has 0 saturated heterocycles. The van der Waals surface area contributed by atoms with Crippen molar-refractivity contribution in [3.63, 3.8) is 0 Å². The highest BCUT2D eigenvalue weighted by Crippen LogP contribution is 2.10. The SMILES string of the molecule is CCCCCCCC/C=C\CCCCCCCC(=O)ONC(C)O. The van der Waals surface area contributed by atoms with Crippen LogP contribution in [0.3, 0.4) is 0 Å². The number of hydrogen-bond acceptors (Lipinski definition) is 4. The van der Waals surface area contributed by atoms with Crippen LogP contribution >= 0.6 is 0 Å². The van der Waals surface area contributed by atoms with Crippen LogP contribution < -0.4 is 5.48 Å². The molecule has 0 aromatic rings. The molecule has 0 rings (SSSR count). The molecule has 4 nitrogen and oxygen atoms in total. The van der Waals surface area contributed by atoms with Crippen LogP contribution in [-0.4, -0.2) is 17.3 Å². The van der Waals surface area contributed by atoms with Gasteiger partial charge in [-0.2, -0.15) is 0 Å². The van der Waals surface area contributed by atoms with Crippen LogP contribution in [0.4, 0.5) is 0 Å². The summed E-state index contributed by atoms with van der Waals surface area (Å²) in [5.74, 6) is -0.298. The van der Waals surface area contributed by atoms with Crippen LogP contribution in [0.1, 0.15) is 104 Å². The highest BCUT2D eigenvalue weighted by atomic mass is 16.7. The zero-order valence-electron chi connectivity index (χ0n) is 15.9. The standard InChI is InChI=1S/C20H39NO3/c1-3-4-5-6-7-8-9-10-11-12-13-14-15-16-17-18-20(23)24-21-19(2)22/h10-11,19,21-22H,3-9,12-18H2,1-2H3/b11-10-. The first-order valence-corrected chi connectivity index (χ1v) is 9.95. The molecular weight excluding hydrogens is 302 g/mol. The van der Waals surface area contributed by atoms with Crippen molar-refractivity contribution in [3.8, 4) is 0 Å². The van der Waals surface area contributed by atoms with Crippen molar-refractivity contribution >= 4 is 5.97 Å². The van der Waals surface area contributed by atoms with Crippen LogP contribution in [0.2, 0.25) is 0 Å². The number of allylic oxidation sites excluding steroid dienone is 2. The lowest BCUT2D eigenvalue weighted by atomic mass is 10.1. The smallest absolute Gasteiger partial charge is 0.324 e. The molecule has 4 heteroatoms. The average Bonchev–Trinajstić information content (AvgIpc) is 2.56. The number of hydroxylamine groups is 1. The van der Waals surface area contributed by atoms with Gasteiger partial charge in [0, 0.05) is 6.42 Å². The predicted octanol–water partition coefficient (Wildman–Crippen LogP) is 5.41. The van der Waals surface area contributed by atoms with Gasteiger partial charge < -0.3 is 9.94 Å². The number of aliphatic hydroxyl groups excluding tert-OH is 1. The van der Waals surface area contributed by atoms with Crippen LogP contribution in [-0.2, 0) is 9.63 Å². The van der Waals surface area contributed by atoms with Crippen molar-refractivity contribution in [2.45, 2.75) is 110 Å². The molecule has 0 aliphatic carbocycles. The maximum Gasteiger partial charge on any atom is 0.324 e. The Balaban J connectivity index is 3.19. The van der Waals surface area contributed by atoms with Gasteiger partial charge in [-0.25, -0.2) is 0 Å². The summed E-state index contributed by atoms with van der Waals surface area (Å²) in [6, 6.07) is 0. The maximum absolute atomic E-state index is 11.3. The zero-order chi connectivity index (χ0) is 17.9. The van der Waals surface area contributed by atoms with Gasteiger partial charge in [0.1, 0.15) is 6.23 Å². The van der Waals surface area contributed by atoms with Crippen molar-refractivity contribution in [3.05, 3.63) is 12.2 Å². The molecular formula is C20H39NO3. The molecule has 0 spiro atoms. The molecule has 1 unspecified atom stereocenters. The highest BCUT2D eigenvalue weighted by molar-refractivity contribution is 5.68. The zero-order valence-corrected chi connectivity index (χ0v) is 15.9. The second-order valence-corrected chi connectivity index (χ2v) is 6.60. The summed E-state index contributed by atoms with van der Waals surface area (Å²) in [5.41, 5.74) is 2.25. The maximum atomic E-state index is 11.3. The van der Waals surface area contributed by atoms with Gasteiger partial charge in [-0.3, -0.25) is 4.79 Å². The number of aliphatic hydroxyl groups is 1. The molecule has 0 saturated carbocycles. The molecule has 0 aromatic heterocycles. The molecule has 2 N–H and O–H groups in total. The number of carbonyl (C=O) groups is 1. The van der Waals surface area contributed by atoms with Gasteiger partial charge in [0.15, 0.2) is 0 Å². The lowest BCUT2D eigenvalue weighted by Gasteiger charge is -2.07. The van der Waals surface area contributed by atoms with Crippen molar-refractivity contribution in [1.29, 1.82) is 0 Å². The molecule has 24 heavy (non-hydrogen) atoms. The molecule has 1 atom stereocenters. The fourth-order valence-electron chi connectivity index (χ4n) is 2.54. The first-order chi connectivity index (χ1) is 11.7. The largest absolute Gasteiger partial charge is 0.376 e. The van der Waals surface area contributed by atoms with Crippen LogP contribution in [0.25, 0.3) is 0 Å². The van der Waals surface area contributed by atoms with Crippen molar-refractivity contribution < 1.29 is 14.7 Å². The molecule has 0 aromatic carbocycles. The fraction of sp³-hybridized carbons (Fsp3) is 0.850. The Kier molecular flexibility index (Phi) is 17.8. The minimum atomic E-state index is -0.817. The second-order valence-electron chi connectivity index (χ2n) is 6.60. The lowest BCUT2D eigenvalue weighted by molar-refractivity contribution is -0.158. The van der Waals surface area contributed by atoms with Crippen molar-refractivity contribution in [2.75, 3.05) is 0 Å². The van der Waals surface area contributed by atoms with E-state index in [2.05, 4.69) is 29.4 Å². The van der Waals surface area contributed by atoms with E-state index in [0.29, 0.717) is 6.42 Å². The third-order valence-electron chi connectivity index (χ3n) is 3.99. The molecule has 0 aliphatic rings. The summed E-state index contributed by atoms with van der Waals surface area (Å²) >= 11 is 0.